The third kappa shape index (κ3) is 17.3. The van der Waals surface area contributed by atoms with Crippen LogP contribution in [0, 0.1) is 5.41 Å². The van der Waals surface area contributed by atoms with Crippen molar-refractivity contribution in [2.24, 2.45) is 10.5 Å². The van der Waals surface area contributed by atoms with E-state index in [1.54, 1.807) is 36.4 Å². The minimum absolute atomic E-state index is 0.0748. The molecule has 1 aliphatic heterocycles. The summed E-state index contributed by atoms with van der Waals surface area (Å²) in [4.78, 5) is 62.8. The number of benzene rings is 3. The van der Waals surface area contributed by atoms with Crippen LogP contribution < -0.4 is 36.7 Å². The summed E-state index contributed by atoms with van der Waals surface area (Å²) in [6.07, 6.45) is -4.39. The maximum absolute atomic E-state index is 13.9. The topological polar surface area (TPSA) is 317 Å². The Labute approximate surface area is 431 Å². The number of ether oxygens (including phenoxy) is 2. The van der Waals surface area contributed by atoms with E-state index in [4.69, 9.17) is 19.7 Å². The van der Waals surface area contributed by atoms with Gasteiger partial charge in [0, 0.05) is 48.1 Å². The zero-order valence-electron chi connectivity index (χ0n) is 40.6. The van der Waals surface area contributed by atoms with Gasteiger partial charge in [0.25, 0.3) is 5.91 Å². The first-order valence-electron chi connectivity index (χ1n) is 23.7. The van der Waals surface area contributed by atoms with E-state index >= 15 is 0 Å². The molecule has 0 radical (unpaired) electrons. The van der Waals surface area contributed by atoms with Crippen molar-refractivity contribution in [3.05, 3.63) is 127 Å². The number of nitrogens with one attached hydrogen (secondary N) is 6. The molecule has 5 amide bonds. The summed E-state index contributed by atoms with van der Waals surface area (Å²) in [5, 5.41) is 69.0. The number of hydrazone groups is 1. The molecule has 74 heavy (non-hydrogen) atoms. The summed E-state index contributed by atoms with van der Waals surface area (Å²) in [6.45, 7) is 3.38. The number of carbonyl (C=O) groups is 4. The number of rotatable bonds is 26. The zero-order chi connectivity index (χ0) is 52.9. The molecule has 1 aliphatic rings. The number of pyridine rings is 2. The predicted molar refractivity (Wildman–Crippen MR) is 273 cm³/mol. The number of urea groups is 1. The van der Waals surface area contributed by atoms with Crippen LogP contribution in [0.5, 0.6) is 5.88 Å². The Morgan fingerprint density at radius 3 is 2.30 bits per heavy atom. The largest absolute Gasteiger partial charge is 0.478 e. The molecule has 0 spiro atoms. The van der Waals surface area contributed by atoms with Crippen LogP contribution in [0.2, 0.25) is 0 Å². The summed E-state index contributed by atoms with van der Waals surface area (Å²) < 4.78 is 16.0. The SMILES string of the molecule is CC(C)(CCCCOc1cc(-c2ccccc2)cc(-c2ccccc2)n1)CNC(=O)C(CNC(=O)CCNC(=O)NC1OC(CO)C(O)C(O)C1O)NC(=O)c1cccc(NN=Cc2ccccc2SOOO)n1. The minimum atomic E-state index is -1.71. The van der Waals surface area contributed by atoms with Gasteiger partial charge >= 0.3 is 6.03 Å². The summed E-state index contributed by atoms with van der Waals surface area (Å²) in [7, 11) is 0. The number of carbonyl (C=O) groups excluding carboxylic acids is 4. The van der Waals surface area contributed by atoms with Gasteiger partial charge in [-0.1, -0.05) is 104 Å². The molecule has 5 aromatic rings. The van der Waals surface area contributed by atoms with Gasteiger partial charge in [0.2, 0.25) is 17.7 Å². The molecule has 0 saturated carbocycles. The monoisotopic (exact) mass is 1040 g/mol. The van der Waals surface area contributed by atoms with Gasteiger partial charge in [-0.25, -0.2) is 20.0 Å². The third-order valence-corrected chi connectivity index (χ3v) is 12.3. The standard InChI is InChI=1S/C51H61N9O13S/c1-51(2,23-11-12-25-70-43-27-35(32-14-5-3-6-15-32)26-37(57-43)33-16-7-4-8-17-33)31-54-47(66)38(29-53-42(62)22-24-52-50(68)59-49-46(65)45(64)44(63)39(30-61)71-49)58-48(67)36-19-13-21-41(56-36)60-55-28-34-18-9-10-20-40(34)74-73-72-69/h3-10,13-21,26-28,38-39,44-46,49,61,63-65,69H,11-12,22-25,29-31H2,1-2H3,(H,53,62)(H,54,66)(H,56,60)(H,58,67)(H2,52,59,68). The van der Waals surface area contributed by atoms with Crippen molar-refractivity contribution in [3.8, 4) is 28.3 Å². The molecule has 0 aliphatic carbocycles. The number of hydrogen-bond acceptors (Lipinski definition) is 18. The number of aliphatic hydroxyl groups is 4. The number of nitrogens with zero attached hydrogens (tertiary/aromatic N) is 3. The Bertz CT molecular complexity index is 2580. The molecule has 3 heterocycles. The van der Waals surface area contributed by atoms with Crippen LogP contribution in [0.1, 0.15) is 55.6 Å². The van der Waals surface area contributed by atoms with Gasteiger partial charge in [0.05, 0.1) is 37.2 Å². The second kappa shape index (κ2) is 28.4. The van der Waals surface area contributed by atoms with Crippen molar-refractivity contribution in [3.63, 3.8) is 0 Å². The fourth-order valence-corrected chi connectivity index (χ4v) is 7.95. The maximum atomic E-state index is 13.9. The molecular weight excluding hydrogens is 979 g/mol. The van der Waals surface area contributed by atoms with E-state index in [9.17, 15) is 39.6 Å². The number of aromatic nitrogens is 2. The molecule has 1 fully saturated rings. The van der Waals surface area contributed by atoms with Crippen molar-refractivity contribution >= 4 is 47.8 Å². The van der Waals surface area contributed by atoms with E-state index in [0.29, 0.717) is 35.8 Å². The Balaban J connectivity index is 1.03. The minimum Gasteiger partial charge on any atom is -0.478 e. The number of aliphatic hydroxyl groups excluding tert-OH is 4. The second-order valence-corrected chi connectivity index (χ2v) is 18.5. The molecule has 394 valence electrons. The average Bonchev–Trinajstić information content (AvgIpc) is 3.41. The molecule has 3 aromatic carbocycles. The lowest BCUT2D eigenvalue weighted by molar-refractivity contribution is -0.432. The van der Waals surface area contributed by atoms with Crippen LogP contribution in [-0.4, -0.2) is 135 Å². The highest BCUT2D eigenvalue weighted by atomic mass is 32.2. The van der Waals surface area contributed by atoms with Crippen LogP contribution in [0.3, 0.4) is 0 Å². The Morgan fingerprint density at radius 1 is 0.824 bits per heavy atom. The van der Waals surface area contributed by atoms with Crippen molar-refractivity contribution in [2.45, 2.75) is 81.1 Å². The van der Waals surface area contributed by atoms with Gasteiger partial charge in [-0.3, -0.25) is 19.8 Å². The van der Waals surface area contributed by atoms with Gasteiger partial charge < -0.3 is 56.5 Å². The zero-order valence-corrected chi connectivity index (χ0v) is 41.4. The molecule has 1 saturated heterocycles. The highest BCUT2D eigenvalue weighted by Gasteiger charge is 2.44. The summed E-state index contributed by atoms with van der Waals surface area (Å²) >= 11 is 0.757. The average molecular weight is 1040 g/mol. The maximum Gasteiger partial charge on any atom is 0.316 e. The normalized spacial score (nSPS) is 18.0. The molecular formula is C51H61N9O13S. The van der Waals surface area contributed by atoms with Crippen LogP contribution in [-0.2, 0) is 23.7 Å². The molecule has 0 bridgehead atoms. The lowest BCUT2D eigenvalue weighted by Gasteiger charge is -2.40. The van der Waals surface area contributed by atoms with Crippen molar-refractivity contribution < 1.29 is 63.7 Å². The highest BCUT2D eigenvalue weighted by molar-refractivity contribution is 7.94. The van der Waals surface area contributed by atoms with Gasteiger partial charge in [0.15, 0.2) is 6.23 Å². The van der Waals surface area contributed by atoms with Gasteiger partial charge in [-0.2, -0.15) is 5.10 Å². The Hall–Kier alpha value is -7.06. The van der Waals surface area contributed by atoms with E-state index in [1.807, 2.05) is 86.6 Å². The van der Waals surface area contributed by atoms with E-state index in [1.165, 1.54) is 12.3 Å². The smallest absolute Gasteiger partial charge is 0.316 e. The molecule has 2 aromatic heterocycles. The highest BCUT2D eigenvalue weighted by Crippen LogP contribution is 2.30. The first-order valence-corrected chi connectivity index (χ1v) is 24.4. The summed E-state index contributed by atoms with van der Waals surface area (Å²) in [6, 6.07) is 33.2. The van der Waals surface area contributed by atoms with Crippen LogP contribution in [0.25, 0.3) is 22.4 Å². The summed E-state index contributed by atoms with van der Waals surface area (Å²) in [5.74, 6) is -1.22. The molecule has 11 N–H and O–H groups in total. The number of unbranched alkanes of at least 4 members (excludes halogenated alkanes) is 1. The molecule has 6 atom stereocenters. The first kappa shape index (κ1) is 56.2. The Kier molecular flexibility index (Phi) is 21.6. The quantitative estimate of drug-likeness (QED) is 0.0123. The number of hydrogen-bond donors (Lipinski definition) is 11. The first-order chi connectivity index (χ1) is 35.7. The van der Waals surface area contributed by atoms with Crippen molar-refractivity contribution in [1.29, 1.82) is 0 Å². The van der Waals surface area contributed by atoms with E-state index < -0.39 is 72.5 Å². The van der Waals surface area contributed by atoms with E-state index in [0.717, 1.165) is 40.8 Å². The van der Waals surface area contributed by atoms with Gasteiger partial charge in [-0.15, -0.1) is 4.33 Å². The molecule has 22 nitrogen and oxygen atoms in total. The number of anilines is 1. The third-order valence-electron chi connectivity index (χ3n) is 11.6. The van der Waals surface area contributed by atoms with E-state index in [-0.39, 0.29) is 37.6 Å². The van der Waals surface area contributed by atoms with Gasteiger partial charge in [0.1, 0.15) is 42.0 Å². The van der Waals surface area contributed by atoms with Gasteiger partial charge in [-0.05, 0) is 60.1 Å². The van der Waals surface area contributed by atoms with Crippen molar-refractivity contribution in [1.82, 2.24) is 36.6 Å². The summed E-state index contributed by atoms with van der Waals surface area (Å²) in [5.41, 5.74) is 6.67. The molecule has 23 heteroatoms. The number of amides is 5. The fourth-order valence-electron chi connectivity index (χ4n) is 7.50. The van der Waals surface area contributed by atoms with Crippen LogP contribution >= 0.6 is 12.0 Å². The predicted octanol–water partition coefficient (Wildman–Crippen LogP) is 3.78. The molecule has 6 unspecified atom stereocenters. The fraction of sp³-hybridized carbons (Fsp3) is 0.353. The van der Waals surface area contributed by atoms with Crippen LogP contribution in [0.15, 0.2) is 125 Å². The lowest BCUT2D eigenvalue weighted by atomic mass is 9.87. The van der Waals surface area contributed by atoms with E-state index in [2.05, 4.69) is 51.5 Å². The van der Waals surface area contributed by atoms with Crippen LogP contribution in [0.4, 0.5) is 10.6 Å². The lowest BCUT2D eigenvalue weighted by Crippen LogP contribution is -2.64. The molecule has 6 rings (SSSR count). The second-order valence-electron chi connectivity index (χ2n) is 17.8. The Morgan fingerprint density at radius 2 is 1.55 bits per heavy atom. The van der Waals surface area contributed by atoms with Crippen molar-refractivity contribution in [2.75, 3.05) is 38.3 Å².